The van der Waals surface area contributed by atoms with Crippen LogP contribution in [0.25, 0.3) is 0 Å². The molecule has 2 aromatic rings. The molecule has 0 aliphatic rings. The summed E-state index contributed by atoms with van der Waals surface area (Å²) in [5, 5.41) is 0.370. The highest BCUT2D eigenvalue weighted by Gasteiger charge is 2.06. The van der Waals surface area contributed by atoms with Crippen molar-refractivity contribution in [1.82, 2.24) is 9.55 Å². The van der Waals surface area contributed by atoms with Gasteiger partial charge in [-0.1, -0.05) is 11.6 Å². The Morgan fingerprint density at radius 2 is 2.00 bits per heavy atom. The standard InChI is InChI=1S/C14H12ClFN2O2/c15-11-8-17-14(20)18(9-11)7-1-2-13(19)10-3-5-12(16)6-4-10/h3-6,8-9H,1-2,7H2. The molecule has 20 heavy (non-hydrogen) atoms. The Morgan fingerprint density at radius 1 is 1.30 bits per heavy atom. The van der Waals surface area contributed by atoms with E-state index in [-0.39, 0.29) is 18.0 Å². The predicted octanol–water partition coefficient (Wildman–Crippen LogP) is 2.70. The lowest BCUT2D eigenvalue weighted by Crippen LogP contribution is -2.22. The topological polar surface area (TPSA) is 52.0 Å². The van der Waals surface area contributed by atoms with E-state index in [1.54, 1.807) is 0 Å². The second kappa shape index (κ2) is 6.43. The van der Waals surface area contributed by atoms with Gasteiger partial charge in [0.25, 0.3) is 0 Å². The summed E-state index contributed by atoms with van der Waals surface area (Å²) in [6.45, 7) is 0.360. The van der Waals surface area contributed by atoms with Crippen molar-refractivity contribution in [3.63, 3.8) is 0 Å². The molecule has 0 fully saturated rings. The number of halogens is 2. The molecule has 104 valence electrons. The summed E-state index contributed by atoms with van der Waals surface area (Å²) in [4.78, 5) is 26.9. The quantitative estimate of drug-likeness (QED) is 0.797. The Labute approximate surface area is 119 Å². The lowest BCUT2D eigenvalue weighted by atomic mass is 10.1. The van der Waals surface area contributed by atoms with Crippen LogP contribution in [0, 0.1) is 5.82 Å². The highest BCUT2D eigenvalue weighted by Crippen LogP contribution is 2.08. The summed E-state index contributed by atoms with van der Waals surface area (Å²) < 4.78 is 14.1. The van der Waals surface area contributed by atoms with Crippen LogP contribution in [-0.2, 0) is 6.54 Å². The first kappa shape index (κ1) is 14.4. The Morgan fingerprint density at radius 3 is 2.70 bits per heavy atom. The molecule has 0 aliphatic carbocycles. The summed E-state index contributed by atoms with van der Waals surface area (Å²) in [5.41, 5.74) is 0.0617. The van der Waals surface area contributed by atoms with Gasteiger partial charge < -0.3 is 0 Å². The molecule has 1 aromatic carbocycles. The zero-order valence-electron chi connectivity index (χ0n) is 10.6. The summed E-state index contributed by atoms with van der Waals surface area (Å²) in [5.74, 6) is -0.467. The van der Waals surface area contributed by atoms with Crippen LogP contribution in [0.1, 0.15) is 23.2 Å². The highest BCUT2D eigenvalue weighted by atomic mass is 35.5. The molecule has 0 spiro atoms. The Bertz CT molecular complexity index is 668. The minimum Gasteiger partial charge on any atom is -0.298 e. The van der Waals surface area contributed by atoms with E-state index in [0.717, 1.165) is 0 Å². The van der Waals surface area contributed by atoms with Gasteiger partial charge in [0.05, 0.1) is 11.2 Å². The molecule has 0 aliphatic heterocycles. The Kier molecular flexibility index (Phi) is 4.63. The monoisotopic (exact) mass is 294 g/mol. The maximum absolute atomic E-state index is 12.7. The van der Waals surface area contributed by atoms with E-state index in [1.165, 1.54) is 41.2 Å². The minimum atomic E-state index is -0.399. The second-order valence-electron chi connectivity index (χ2n) is 4.28. The van der Waals surface area contributed by atoms with Gasteiger partial charge in [-0.3, -0.25) is 9.36 Å². The van der Waals surface area contributed by atoms with Crippen molar-refractivity contribution < 1.29 is 9.18 Å². The molecule has 1 aromatic heterocycles. The smallest absolute Gasteiger partial charge is 0.298 e. The first-order valence-corrected chi connectivity index (χ1v) is 6.45. The fourth-order valence-corrected chi connectivity index (χ4v) is 1.95. The average molecular weight is 295 g/mol. The van der Waals surface area contributed by atoms with Gasteiger partial charge in [-0.05, 0) is 30.7 Å². The molecular weight excluding hydrogens is 283 g/mol. The molecule has 0 saturated heterocycles. The van der Waals surface area contributed by atoms with Crippen molar-refractivity contribution in [3.05, 3.63) is 63.5 Å². The number of hydrogen-bond donors (Lipinski definition) is 0. The number of ketones is 1. The van der Waals surface area contributed by atoms with Gasteiger partial charge in [0.2, 0.25) is 0 Å². The molecule has 0 saturated carbocycles. The molecule has 2 rings (SSSR count). The van der Waals surface area contributed by atoms with E-state index >= 15 is 0 Å². The average Bonchev–Trinajstić information content (AvgIpc) is 2.43. The van der Waals surface area contributed by atoms with E-state index in [2.05, 4.69) is 4.98 Å². The summed E-state index contributed by atoms with van der Waals surface area (Å²) in [7, 11) is 0. The highest BCUT2D eigenvalue weighted by molar-refractivity contribution is 6.30. The van der Waals surface area contributed by atoms with Gasteiger partial charge in [-0.25, -0.2) is 14.2 Å². The van der Waals surface area contributed by atoms with Gasteiger partial charge in [0.15, 0.2) is 5.78 Å². The Hall–Kier alpha value is -2.01. The minimum absolute atomic E-state index is 0.0898. The van der Waals surface area contributed by atoms with E-state index in [9.17, 15) is 14.0 Å². The molecular formula is C14H12ClFN2O2. The number of Topliss-reactive ketones (excluding diaryl/α,β-unsaturated/α-hetero) is 1. The first-order valence-electron chi connectivity index (χ1n) is 6.07. The van der Waals surface area contributed by atoms with Crippen molar-refractivity contribution in [2.75, 3.05) is 0 Å². The number of aromatic nitrogens is 2. The van der Waals surface area contributed by atoms with Crippen molar-refractivity contribution in [2.24, 2.45) is 0 Å². The Balaban J connectivity index is 1.92. The first-order chi connectivity index (χ1) is 9.56. The summed E-state index contributed by atoms with van der Waals surface area (Å²) in [6.07, 6.45) is 3.52. The third-order valence-electron chi connectivity index (χ3n) is 2.79. The van der Waals surface area contributed by atoms with E-state index in [4.69, 9.17) is 11.6 Å². The molecule has 0 unspecified atom stereocenters. The second-order valence-corrected chi connectivity index (χ2v) is 4.72. The number of rotatable bonds is 5. The van der Waals surface area contributed by atoms with Gasteiger partial charge >= 0.3 is 5.69 Å². The van der Waals surface area contributed by atoms with Gasteiger partial charge in [0, 0.05) is 24.7 Å². The normalized spacial score (nSPS) is 10.5. The largest absolute Gasteiger partial charge is 0.347 e. The van der Waals surface area contributed by atoms with Crippen LogP contribution in [0.3, 0.4) is 0 Å². The number of nitrogens with zero attached hydrogens (tertiary/aromatic N) is 2. The number of hydrogen-bond acceptors (Lipinski definition) is 3. The van der Waals surface area contributed by atoms with Crippen LogP contribution >= 0.6 is 11.6 Å². The van der Waals surface area contributed by atoms with Crippen LogP contribution in [-0.4, -0.2) is 15.3 Å². The fraction of sp³-hybridized carbons (Fsp3) is 0.214. The SMILES string of the molecule is O=C(CCCn1cc(Cl)cnc1=O)c1ccc(F)cc1. The van der Waals surface area contributed by atoms with E-state index < -0.39 is 5.69 Å². The van der Waals surface area contributed by atoms with Crippen LogP contribution < -0.4 is 5.69 Å². The molecule has 0 amide bonds. The molecule has 0 N–H and O–H groups in total. The number of carbonyl (C=O) groups is 1. The van der Waals surface area contributed by atoms with Crippen molar-refractivity contribution in [3.8, 4) is 0 Å². The lowest BCUT2D eigenvalue weighted by Gasteiger charge is -2.05. The van der Waals surface area contributed by atoms with Crippen LogP contribution in [0.15, 0.2) is 41.5 Å². The fourth-order valence-electron chi connectivity index (χ4n) is 1.78. The van der Waals surface area contributed by atoms with Crippen molar-refractivity contribution in [1.29, 1.82) is 0 Å². The van der Waals surface area contributed by atoms with E-state index in [1.807, 2.05) is 0 Å². The number of carbonyl (C=O) groups excluding carboxylic acids is 1. The van der Waals surface area contributed by atoms with E-state index in [0.29, 0.717) is 23.6 Å². The zero-order valence-corrected chi connectivity index (χ0v) is 11.3. The predicted molar refractivity (Wildman–Crippen MR) is 73.5 cm³/mol. The lowest BCUT2D eigenvalue weighted by molar-refractivity contribution is 0.0978. The summed E-state index contributed by atoms with van der Waals surface area (Å²) in [6, 6.07) is 5.40. The van der Waals surface area contributed by atoms with Crippen molar-refractivity contribution >= 4 is 17.4 Å². The molecule has 4 nitrogen and oxygen atoms in total. The van der Waals surface area contributed by atoms with Gasteiger partial charge in [-0.15, -0.1) is 0 Å². The van der Waals surface area contributed by atoms with Crippen LogP contribution in [0.2, 0.25) is 5.02 Å². The third kappa shape index (κ3) is 3.74. The molecule has 0 radical (unpaired) electrons. The zero-order chi connectivity index (χ0) is 14.5. The molecule has 0 atom stereocenters. The van der Waals surface area contributed by atoms with Crippen LogP contribution in [0.5, 0.6) is 0 Å². The molecule has 1 heterocycles. The van der Waals surface area contributed by atoms with Crippen molar-refractivity contribution in [2.45, 2.75) is 19.4 Å². The maximum Gasteiger partial charge on any atom is 0.347 e. The molecule has 6 heteroatoms. The number of benzene rings is 1. The van der Waals surface area contributed by atoms with Crippen LogP contribution in [0.4, 0.5) is 4.39 Å². The number of aryl methyl sites for hydroxylation is 1. The van der Waals surface area contributed by atoms with Gasteiger partial charge in [-0.2, -0.15) is 0 Å². The maximum atomic E-state index is 12.7. The molecule has 0 bridgehead atoms. The van der Waals surface area contributed by atoms with Gasteiger partial charge in [0.1, 0.15) is 5.82 Å². The summed E-state index contributed by atoms with van der Waals surface area (Å²) >= 11 is 5.74. The third-order valence-corrected chi connectivity index (χ3v) is 2.99.